The lowest BCUT2D eigenvalue weighted by Crippen LogP contribution is -1.86. The molecule has 78 valence electrons. The summed E-state index contributed by atoms with van der Waals surface area (Å²) in [6.45, 7) is 0. The van der Waals surface area contributed by atoms with Crippen molar-refractivity contribution in [3.63, 3.8) is 0 Å². The molecule has 0 aliphatic heterocycles. The predicted molar refractivity (Wildman–Crippen MR) is 59.0 cm³/mol. The van der Waals surface area contributed by atoms with Crippen molar-refractivity contribution in [2.24, 2.45) is 0 Å². The topological polar surface area (TPSA) is 69.8 Å². The van der Waals surface area contributed by atoms with E-state index >= 15 is 0 Å². The van der Waals surface area contributed by atoms with E-state index in [1.807, 2.05) is 6.07 Å². The van der Waals surface area contributed by atoms with Crippen LogP contribution in [-0.4, -0.2) is 15.1 Å². The Kier molecular flexibility index (Phi) is 3.03. The molecule has 1 aromatic heterocycles. The molecule has 2 rings (SSSR count). The quantitative estimate of drug-likeness (QED) is 0.854. The Morgan fingerprint density at radius 1 is 1.12 bits per heavy atom. The first-order chi connectivity index (χ1) is 7.78. The molecular weight excluding hydrogens is 222 g/mol. The number of aromatic hydroxyl groups is 1. The maximum Gasteiger partial charge on any atom is 0.158 e. The first-order valence-electron chi connectivity index (χ1n) is 4.47. The standard InChI is InChI=1S/C11H7N3OS/c12-5-8-6-14-11(7-13-8)16-10-3-1-9(15)2-4-10/h1-4,6-7,15H. The summed E-state index contributed by atoms with van der Waals surface area (Å²) in [6.07, 6.45) is 2.98. The van der Waals surface area contributed by atoms with Crippen LogP contribution in [0.25, 0.3) is 0 Å². The SMILES string of the molecule is N#Cc1cnc(Sc2ccc(O)cc2)cn1. The van der Waals surface area contributed by atoms with Crippen LogP contribution in [0.15, 0.2) is 46.6 Å². The molecule has 4 nitrogen and oxygen atoms in total. The summed E-state index contributed by atoms with van der Waals surface area (Å²) in [7, 11) is 0. The van der Waals surface area contributed by atoms with Gasteiger partial charge in [0, 0.05) is 4.90 Å². The first kappa shape index (κ1) is 10.5. The largest absolute Gasteiger partial charge is 0.508 e. The van der Waals surface area contributed by atoms with Gasteiger partial charge in [-0.15, -0.1) is 0 Å². The molecule has 0 saturated carbocycles. The molecule has 0 unspecified atom stereocenters. The van der Waals surface area contributed by atoms with Crippen LogP contribution in [0.5, 0.6) is 5.75 Å². The molecule has 1 aromatic carbocycles. The van der Waals surface area contributed by atoms with Gasteiger partial charge in [-0.25, -0.2) is 9.97 Å². The predicted octanol–water partition coefficient (Wildman–Crippen LogP) is 2.21. The van der Waals surface area contributed by atoms with E-state index in [9.17, 15) is 0 Å². The Labute approximate surface area is 96.6 Å². The van der Waals surface area contributed by atoms with E-state index in [-0.39, 0.29) is 5.75 Å². The highest BCUT2D eigenvalue weighted by Crippen LogP contribution is 2.26. The molecule has 1 N–H and O–H groups in total. The Morgan fingerprint density at radius 2 is 1.88 bits per heavy atom. The summed E-state index contributed by atoms with van der Waals surface area (Å²) in [6, 6.07) is 8.71. The summed E-state index contributed by atoms with van der Waals surface area (Å²) in [4.78, 5) is 8.96. The highest BCUT2D eigenvalue weighted by atomic mass is 32.2. The van der Waals surface area contributed by atoms with Crippen molar-refractivity contribution >= 4 is 11.8 Å². The first-order valence-corrected chi connectivity index (χ1v) is 5.28. The van der Waals surface area contributed by atoms with Crippen LogP contribution in [0.2, 0.25) is 0 Å². The lowest BCUT2D eigenvalue weighted by Gasteiger charge is -2.00. The molecule has 0 aliphatic carbocycles. The number of aromatic nitrogens is 2. The fourth-order valence-electron chi connectivity index (χ4n) is 1.06. The number of rotatable bonds is 2. The van der Waals surface area contributed by atoms with E-state index in [0.29, 0.717) is 10.7 Å². The van der Waals surface area contributed by atoms with Gasteiger partial charge < -0.3 is 5.11 Å². The van der Waals surface area contributed by atoms with Gasteiger partial charge in [0.2, 0.25) is 0 Å². The van der Waals surface area contributed by atoms with Crippen LogP contribution in [0.4, 0.5) is 0 Å². The van der Waals surface area contributed by atoms with Gasteiger partial charge in [-0.05, 0) is 24.3 Å². The summed E-state index contributed by atoms with van der Waals surface area (Å²) >= 11 is 1.42. The number of nitrogens with zero attached hydrogens (tertiary/aromatic N) is 3. The average Bonchev–Trinajstić information content (AvgIpc) is 2.33. The molecule has 0 radical (unpaired) electrons. The van der Waals surface area contributed by atoms with Crippen LogP contribution in [-0.2, 0) is 0 Å². The number of benzene rings is 1. The lowest BCUT2D eigenvalue weighted by molar-refractivity contribution is 0.475. The van der Waals surface area contributed by atoms with Gasteiger partial charge in [0.05, 0.1) is 12.4 Å². The van der Waals surface area contributed by atoms with Crippen molar-refractivity contribution in [1.82, 2.24) is 9.97 Å². The Morgan fingerprint density at radius 3 is 2.44 bits per heavy atom. The second-order valence-corrected chi connectivity index (χ2v) is 4.04. The fourth-order valence-corrected chi connectivity index (χ4v) is 1.79. The second kappa shape index (κ2) is 4.64. The average molecular weight is 229 g/mol. The summed E-state index contributed by atoms with van der Waals surface area (Å²) in [5.41, 5.74) is 0.301. The van der Waals surface area contributed by atoms with Crippen LogP contribution < -0.4 is 0 Å². The minimum Gasteiger partial charge on any atom is -0.508 e. The molecule has 1 heterocycles. The number of phenolic OH excluding ortho intramolecular Hbond substituents is 1. The van der Waals surface area contributed by atoms with Crippen LogP contribution in [0.3, 0.4) is 0 Å². The van der Waals surface area contributed by atoms with Crippen LogP contribution in [0.1, 0.15) is 5.69 Å². The van der Waals surface area contributed by atoms with Crippen molar-refractivity contribution in [3.05, 3.63) is 42.4 Å². The summed E-state index contributed by atoms with van der Waals surface area (Å²) in [5.74, 6) is 0.232. The fraction of sp³-hybridized carbons (Fsp3) is 0. The molecule has 0 amide bonds. The van der Waals surface area contributed by atoms with Crippen LogP contribution >= 0.6 is 11.8 Å². The molecule has 16 heavy (non-hydrogen) atoms. The second-order valence-electron chi connectivity index (χ2n) is 2.95. The highest BCUT2D eigenvalue weighted by Gasteiger charge is 2.00. The zero-order valence-electron chi connectivity index (χ0n) is 8.16. The third kappa shape index (κ3) is 2.49. The van der Waals surface area contributed by atoms with E-state index in [1.165, 1.54) is 18.0 Å². The zero-order valence-corrected chi connectivity index (χ0v) is 8.98. The van der Waals surface area contributed by atoms with Crippen molar-refractivity contribution in [2.45, 2.75) is 9.92 Å². The number of nitriles is 1. The van der Waals surface area contributed by atoms with E-state index in [1.54, 1.807) is 30.5 Å². The minimum absolute atomic E-state index is 0.232. The van der Waals surface area contributed by atoms with Gasteiger partial charge in [0.25, 0.3) is 0 Å². The minimum atomic E-state index is 0.232. The van der Waals surface area contributed by atoms with Gasteiger partial charge >= 0.3 is 0 Å². The van der Waals surface area contributed by atoms with E-state index in [4.69, 9.17) is 10.4 Å². The normalized spacial score (nSPS) is 9.69. The van der Waals surface area contributed by atoms with Gasteiger partial charge in [-0.1, -0.05) is 11.8 Å². The molecule has 2 aromatic rings. The number of phenols is 1. The maximum atomic E-state index is 9.12. The molecule has 0 fully saturated rings. The summed E-state index contributed by atoms with van der Waals surface area (Å²) in [5, 5.41) is 18.4. The van der Waals surface area contributed by atoms with E-state index in [2.05, 4.69) is 9.97 Å². The molecule has 5 heteroatoms. The Balaban J connectivity index is 2.15. The molecule has 0 aliphatic rings. The molecule has 0 spiro atoms. The Bertz CT molecular complexity index is 516. The zero-order chi connectivity index (χ0) is 11.4. The van der Waals surface area contributed by atoms with E-state index in [0.717, 1.165) is 4.90 Å². The van der Waals surface area contributed by atoms with Crippen molar-refractivity contribution in [2.75, 3.05) is 0 Å². The smallest absolute Gasteiger partial charge is 0.158 e. The third-order valence-corrected chi connectivity index (χ3v) is 2.73. The molecular formula is C11H7N3OS. The van der Waals surface area contributed by atoms with Crippen molar-refractivity contribution in [1.29, 1.82) is 5.26 Å². The van der Waals surface area contributed by atoms with Gasteiger partial charge in [0.15, 0.2) is 5.69 Å². The third-order valence-electron chi connectivity index (χ3n) is 1.80. The maximum absolute atomic E-state index is 9.12. The van der Waals surface area contributed by atoms with Crippen LogP contribution in [0, 0.1) is 11.3 Å². The highest BCUT2D eigenvalue weighted by molar-refractivity contribution is 7.99. The Hall–Kier alpha value is -2.06. The number of hydrogen-bond acceptors (Lipinski definition) is 5. The lowest BCUT2D eigenvalue weighted by atomic mass is 10.3. The molecule has 0 bridgehead atoms. The summed E-state index contributed by atoms with van der Waals surface area (Å²) < 4.78 is 0. The van der Waals surface area contributed by atoms with Crippen molar-refractivity contribution < 1.29 is 5.11 Å². The molecule has 0 atom stereocenters. The van der Waals surface area contributed by atoms with Crippen molar-refractivity contribution in [3.8, 4) is 11.8 Å². The number of hydrogen-bond donors (Lipinski definition) is 1. The van der Waals surface area contributed by atoms with Gasteiger partial charge in [0.1, 0.15) is 16.8 Å². The molecule has 0 saturated heterocycles. The monoisotopic (exact) mass is 229 g/mol. The van der Waals surface area contributed by atoms with Gasteiger partial charge in [-0.2, -0.15) is 5.26 Å². The van der Waals surface area contributed by atoms with E-state index < -0.39 is 0 Å². The van der Waals surface area contributed by atoms with Gasteiger partial charge in [-0.3, -0.25) is 0 Å².